The van der Waals surface area contributed by atoms with Crippen molar-refractivity contribution in [1.29, 1.82) is 0 Å². The molecule has 2 heterocycles. The molecular formula is C7H7N3O. The third-order valence-electron chi connectivity index (χ3n) is 1.59. The van der Waals surface area contributed by atoms with Crippen molar-refractivity contribution < 1.29 is 4.79 Å². The molecule has 4 heteroatoms. The van der Waals surface area contributed by atoms with E-state index in [1.54, 1.807) is 6.21 Å². The van der Waals surface area contributed by atoms with Gasteiger partial charge in [0.1, 0.15) is 0 Å². The smallest absolute Gasteiger partial charge is 0.250 e. The standard InChI is InChI=1S/C7H7N3O/c11-6-2-5-10-4-1-3-8-7(10)9-6/h1,3-4H,2,5H2. The number of carbonyl (C=O) groups is 1. The van der Waals surface area contributed by atoms with Gasteiger partial charge in [-0.3, -0.25) is 4.79 Å². The minimum absolute atomic E-state index is 0.0799. The Kier molecular flexibility index (Phi) is 1.31. The van der Waals surface area contributed by atoms with E-state index in [4.69, 9.17) is 0 Å². The lowest BCUT2D eigenvalue weighted by Crippen LogP contribution is -2.33. The summed E-state index contributed by atoms with van der Waals surface area (Å²) >= 11 is 0. The number of amides is 1. The molecule has 0 aliphatic carbocycles. The van der Waals surface area contributed by atoms with Gasteiger partial charge in [-0.25, -0.2) is 4.99 Å². The fourth-order valence-electron chi connectivity index (χ4n) is 1.04. The van der Waals surface area contributed by atoms with E-state index in [-0.39, 0.29) is 5.91 Å². The Morgan fingerprint density at radius 2 is 2.45 bits per heavy atom. The first-order valence-electron chi connectivity index (χ1n) is 3.45. The van der Waals surface area contributed by atoms with Crippen LogP contribution in [-0.2, 0) is 4.79 Å². The quantitative estimate of drug-likeness (QED) is 0.493. The Balaban J connectivity index is 2.33. The highest BCUT2D eigenvalue weighted by atomic mass is 16.1. The third-order valence-corrected chi connectivity index (χ3v) is 1.59. The Hall–Kier alpha value is -1.45. The van der Waals surface area contributed by atoms with Gasteiger partial charge in [0.2, 0.25) is 5.96 Å². The molecule has 0 N–H and O–H groups in total. The molecule has 0 aromatic rings. The number of allylic oxidation sites excluding steroid dienone is 1. The summed E-state index contributed by atoms with van der Waals surface area (Å²) in [6, 6.07) is 0. The summed E-state index contributed by atoms with van der Waals surface area (Å²) in [6.07, 6.45) is 5.82. The molecule has 0 saturated carbocycles. The Morgan fingerprint density at radius 1 is 1.55 bits per heavy atom. The largest absolute Gasteiger partial charge is 0.317 e. The van der Waals surface area contributed by atoms with E-state index in [2.05, 4.69) is 9.98 Å². The van der Waals surface area contributed by atoms with Crippen LogP contribution in [0.2, 0.25) is 0 Å². The summed E-state index contributed by atoms with van der Waals surface area (Å²) in [4.78, 5) is 20.4. The lowest BCUT2D eigenvalue weighted by molar-refractivity contribution is -0.118. The molecule has 0 fully saturated rings. The number of rotatable bonds is 0. The second-order valence-corrected chi connectivity index (χ2v) is 2.37. The zero-order valence-corrected chi connectivity index (χ0v) is 5.90. The molecule has 0 saturated heterocycles. The van der Waals surface area contributed by atoms with E-state index < -0.39 is 0 Å². The average molecular weight is 149 g/mol. The molecule has 0 aromatic carbocycles. The lowest BCUT2D eigenvalue weighted by atomic mass is 10.3. The van der Waals surface area contributed by atoms with Gasteiger partial charge in [0, 0.05) is 25.4 Å². The summed E-state index contributed by atoms with van der Waals surface area (Å²) in [5, 5.41) is 0. The maximum Gasteiger partial charge on any atom is 0.250 e. The van der Waals surface area contributed by atoms with E-state index in [0.29, 0.717) is 18.9 Å². The van der Waals surface area contributed by atoms with Gasteiger partial charge >= 0.3 is 0 Å². The van der Waals surface area contributed by atoms with Gasteiger partial charge < -0.3 is 4.90 Å². The van der Waals surface area contributed by atoms with Gasteiger partial charge in [-0.15, -0.1) is 0 Å². The predicted molar refractivity (Wildman–Crippen MR) is 41.4 cm³/mol. The first kappa shape index (κ1) is 6.27. The van der Waals surface area contributed by atoms with E-state index in [1.807, 2.05) is 17.2 Å². The minimum Gasteiger partial charge on any atom is -0.317 e. The Bertz CT molecular complexity index is 277. The van der Waals surface area contributed by atoms with Gasteiger partial charge in [0.15, 0.2) is 0 Å². The van der Waals surface area contributed by atoms with Crippen LogP contribution in [0, 0.1) is 0 Å². The molecule has 0 atom stereocenters. The molecule has 0 aromatic heterocycles. The van der Waals surface area contributed by atoms with Gasteiger partial charge in [0.25, 0.3) is 5.91 Å². The van der Waals surface area contributed by atoms with Crippen molar-refractivity contribution in [1.82, 2.24) is 4.90 Å². The number of carbonyl (C=O) groups excluding carboxylic acids is 1. The molecule has 0 radical (unpaired) electrons. The van der Waals surface area contributed by atoms with Gasteiger partial charge in [0.05, 0.1) is 0 Å². The van der Waals surface area contributed by atoms with E-state index >= 15 is 0 Å². The Morgan fingerprint density at radius 3 is 3.36 bits per heavy atom. The first-order chi connectivity index (χ1) is 5.36. The summed E-state index contributed by atoms with van der Waals surface area (Å²) in [6.45, 7) is 0.700. The molecule has 4 nitrogen and oxygen atoms in total. The lowest BCUT2D eigenvalue weighted by Gasteiger charge is -2.23. The van der Waals surface area contributed by atoms with Crippen LogP contribution in [0.1, 0.15) is 6.42 Å². The van der Waals surface area contributed by atoms with Crippen LogP contribution in [0.15, 0.2) is 22.3 Å². The molecule has 2 rings (SSSR count). The summed E-state index contributed by atoms with van der Waals surface area (Å²) < 4.78 is 0. The molecule has 2 aliphatic heterocycles. The van der Waals surface area contributed by atoms with Crippen LogP contribution >= 0.6 is 0 Å². The molecule has 11 heavy (non-hydrogen) atoms. The molecule has 0 unspecified atom stereocenters. The zero-order valence-electron chi connectivity index (χ0n) is 5.90. The fraction of sp³-hybridized carbons (Fsp3) is 0.286. The maximum absolute atomic E-state index is 10.8. The predicted octanol–water partition coefficient (Wildman–Crippen LogP) is 0.173. The van der Waals surface area contributed by atoms with Crippen molar-refractivity contribution in [3.63, 3.8) is 0 Å². The first-order valence-corrected chi connectivity index (χ1v) is 3.45. The normalized spacial score (nSPS) is 21.6. The second-order valence-electron chi connectivity index (χ2n) is 2.37. The highest BCUT2D eigenvalue weighted by molar-refractivity contribution is 6.01. The van der Waals surface area contributed by atoms with Crippen molar-refractivity contribution in [2.24, 2.45) is 9.98 Å². The van der Waals surface area contributed by atoms with Crippen molar-refractivity contribution in [3.8, 4) is 0 Å². The number of hydrogen-bond acceptors (Lipinski definition) is 3. The number of fused-ring (bicyclic) bond motifs is 1. The maximum atomic E-state index is 10.8. The van der Waals surface area contributed by atoms with Crippen LogP contribution < -0.4 is 0 Å². The third kappa shape index (κ3) is 1.07. The summed E-state index contributed by atoms with van der Waals surface area (Å²) in [5.41, 5.74) is 0. The van der Waals surface area contributed by atoms with E-state index in [9.17, 15) is 4.79 Å². The molecule has 0 bridgehead atoms. The second kappa shape index (κ2) is 2.30. The number of guanidine groups is 1. The van der Waals surface area contributed by atoms with Crippen LogP contribution in [0.3, 0.4) is 0 Å². The molecule has 1 amide bonds. The topological polar surface area (TPSA) is 45.0 Å². The SMILES string of the molecule is O=C1CCN2C=CC=NC2=N1. The molecular weight excluding hydrogens is 142 g/mol. The van der Waals surface area contributed by atoms with Gasteiger partial charge in [-0.2, -0.15) is 4.99 Å². The molecule has 2 aliphatic rings. The summed E-state index contributed by atoms with van der Waals surface area (Å²) in [5.74, 6) is 0.437. The zero-order chi connectivity index (χ0) is 7.68. The molecule has 56 valence electrons. The van der Waals surface area contributed by atoms with Crippen LogP contribution in [0.5, 0.6) is 0 Å². The number of nitrogens with zero attached hydrogens (tertiary/aromatic N) is 3. The van der Waals surface area contributed by atoms with E-state index in [0.717, 1.165) is 0 Å². The van der Waals surface area contributed by atoms with Crippen molar-refractivity contribution in [2.45, 2.75) is 6.42 Å². The number of hydrogen-bond donors (Lipinski definition) is 0. The Labute approximate surface area is 63.9 Å². The summed E-state index contributed by atoms with van der Waals surface area (Å²) in [7, 11) is 0. The monoisotopic (exact) mass is 149 g/mol. The minimum atomic E-state index is -0.0799. The number of aliphatic imine (C=N–C) groups is 2. The van der Waals surface area contributed by atoms with Gasteiger partial charge in [-0.05, 0) is 6.08 Å². The van der Waals surface area contributed by atoms with Crippen LogP contribution in [0.25, 0.3) is 0 Å². The highest BCUT2D eigenvalue weighted by Gasteiger charge is 2.17. The van der Waals surface area contributed by atoms with Crippen molar-refractivity contribution in [3.05, 3.63) is 12.3 Å². The van der Waals surface area contributed by atoms with Crippen LogP contribution in [0.4, 0.5) is 0 Å². The highest BCUT2D eigenvalue weighted by Crippen LogP contribution is 2.07. The average Bonchev–Trinajstić information content (AvgIpc) is 2.04. The van der Waals surface area contributed by atoms with Crippen molar-refractivity contribution >= 4 is 18.1 Å². The van der Waals surface area contributed by atoms with Gasteiger partial charge in [-0.1, -0.05) is 0 Å². The van der Waals surface area contributed by atoms with Crippen molar-refractivity contribution in [2.75, 3.05) is 6.54 Å². The van der Waals surface area contributed by atoms with E-state index in [1.165, 1.54) is 0 Å². The fourth-order valence-corrected chi connectivity index (χ4v) is 1.04. The van der Waals surface area contributed by atoms with Crippen LogP contribution in [-0.4, -0.2) is 29.5 Å². The molecule has 0 spiro atoms.